The number of hydrogen-bond donors (Lipinski definition) is 1. The minimum atomic E-state index is 0.284. The molecular weight excluding hydrogens is 280 g/mol. The van der Waals surface area contributed by atoms with E-state index in [1.807, 2.05) is 31.2 Å². The van der Waals surface area contributed by atoms with Crippen LogP contribution in [0.1, 0.15) is 11.3 Å². The lowest BCUT2D eigenvalue weighted by molar-refractivity contribution is 1.16. The molecule has 1 aromatic carbocycles. The van der Waals surface area contributed by atoms with Gasteiger partial charge in [-0.05, 0) is 24.6 Å². The highest BCUT2D eigenvalue weighted by molar-refractivity contribution is 9.10. The highest BCUT2D eigenvalue weighted by Crippen LogP contribution is 2.26. The van der Waals surface area contributed by atoms with Crippen molar-refractivity contribution in [3.8, 4) is 6.07 Å². The molecule has 0 saturated heterocycles. The predicted molar refractivity (Wildman–Crippen MR) is 68.9 cm³/mol. The predicted octanol–water partition coefficient (Wildman–Crippen LogP) is 3.16. The summed E-state index contributed by atoms with van der Waals surface area (Å²) in [6.07, 6.45) is 3.05. The zero-order valence-corrected chi connectivity index (χ0v) is 10.7. The number of aromatic nitrogens is 2. The van der Waals surface area contributed by atoms with Crippen LogP contribution in [0.15, 0.2) is 35.1 Å². The van der Waals surface area contributed by atoms with Crippen molar-refractivity contribution in [1.29, 1.82) is 5.26 Å². The van der Waals surface area contributed by atoms with Crippen LogP contribution >= 0.6 is 15.9 Å². The molecule has 0 bridgehead atoms. The smallest absolute Gasteiger partial charge is 0.183 e. The summed E-state index contributed by atoms with van der Waals surface area (Å²) in [6, 6.07) is 7.81. The van der Waals surface area contributed by atoms with Gasteiger partial charge in [-0.15, -0.1) is 0 Å². The third kappa shape index (κ3) is 2.43. The number of hydrogen-bond acceptors (Lipinski definition) is 4. The van der Waals surface area contributed by atoms with Crippen LogP contribution < -0.4 is 5.32 Å². The number of benzene rings is 1. The first kappa shape index (κ1) is 11.6. The summed E-state index contributed by atoms with van der Waals surface area (Å²) in [7, 11) is 0. The first-order valence-corrected chi connectivity index (χ1v) is 5.75. The van der Waals surface area contributed by atoms with Gasteiger partial charge in [-0.1, -0.05) is 22.0 Å². The van der Waals surface area contributed by atoms with E-state index in [0.29, 0.717) is 5.82 Å². The Morgan fingerprint density at radius 1 is 1.29 bits per heavy atom. The van der Waals surface area contributed by atoms with Gasteiger partial charge in [0.05, 0.1) is 0 Å². The van der Waals surface area contributed by atoms with E-state index in [1.54, 1.807) is 6.20 Å². The van der Waals surface area contributed by atoms with Gasteiger partial charge in [0.25, 0.3) is 0 Å². The standard InChI is InChI=1S/C12H9BrN4/c1-8-9(13)3-2-4-10(8)17-12-11(7-14)15-5-6-16-12/h2-6H,1H3,(H,16,17). The molecule has 0 amide bonds. The van der Waals surface area contributed by atoms with E-state index in [4.69, 9.17) is 5.26 Å². The van der Waals surface area contributed by atoms with Crippen molar-refractivity contribution in [2.75, 3.05) is 5.32 Å². The Bertz CT molecular complexity index is 589. The average molecular weight is 289 g/mol. The van der Waals surface area contributed by atoms with Crippen LogP contribution in [0.3, 0.4) is 0 Å². The van der Waals surface area contributed by atoms with Crippen molar-refractivity contribution >= 4 is 27.4 Å². The molecule has 5 heteroatoms. The summed E-state index contributed by atoms with van der Waals surface area (Å²) in [5.41, 5.74) is 2.24. The molecule has 0 fully saturated rings. The molecule has 0 spiro atoms. The second-order valence-corrected chi connectivity index (χ2v) is 4.26. The van der Waals surface area contributed by atoms with E-state index in [9.17, 15) is 0 Å². The average Bonchev–Trinajstić information content (AvgIpc) is 2.35. The van der Waals surface area contributed by atoms with E-state index < -0.39 is 0 Å². The highest BCUT2D eigenvalue weighted by Gasteiger charge is 2.07. The number of nitriles is 1. The van der Waals surface area contributed by atoms with Crippen molar-refractivity contribution in [2.24, 2.45) is 0 Å². The van der Waals surface area contributed by atoms with Crippen molar-refractivity contribution in [1.82, 2.24) is 9.97 Å². The molecular formula is C12H9BrN4. The Hall–Kier alpha value is -1.93. The summed E-state index contributed by atoms with van der Waals surface area (Å²) >= 11 is 3.45. The van der Waals surface area contributed by atoms with E-state index in [1.165, 1.54) is 6.20 Å². The van der Waals surface area contributed by atoms with Crippen LogP contribution in [-0.2, 0) is 0 Å². The number of rotatable bonds is 2. The van der Waals surface area contributed by atoms with Gasteiger partial charge in [-0.2, -0.15) is 5.26 Å². The third-order valence-corrected chi connectivity index (χ3v) is 3.18. The topological polar surface area (TPSA) is 61.6 Å². The molecule has 0 aliphatic carbocycles. The lowest BCUT2D eigenvalue weighted by Crippen LogP contribution is -2.00. The van der Waals surface area contributed by atoms with Crippen molar-refractivity contribution in [3.63, 3.8) is 0 Å². The summed E-state index contributed by atoms with van der Waals surface area (Å²) in [5, 5.41) is 12.0. The lowest BCUT2D eigenvalue weighted by atomic mass is 10.2. The largest absolute Gasteiger partial charge is 0.338 e. The Labute approximate surface area is 107 Å². The van der Waals surface area contributed by atoms with Gasteiger partial charge in [0.2, 0.25) is 0 Å². The monoisotopic (exact) mass is 288 g/mol. The fourth-order valence-corrected chi connectivity index (χ4v) is 1.75. The van der Waals surface area contributed by atoms with Crippen LogP contribution in [0.4, 0.5) is 11.5 Å². The Kier molecular flexibility index (Phi) is 3.35. The van der Waals surface area contributed by atoms with Crippen LogP contribution in [-0.4, -0.2) is 9.97 Å². The molecule has 4 nitrogen and oxygen atoms in total. The summed E-state index contributed by atoms with van der Waals surface area (Å²) in [4.78, 5) is 8.05. The fourth-order valence-electron chi connectivity index (χ4n) is 1.38. The molecule has 1 aromatic heterocycles. The zero-order chi connectivity index (χ0) is 12.3. The maximum Gasteiger partial charge on any atom is 0.183 e. The SMILES string of the molecule is Cc1c(Br)cccc1Nc1nccnc1C#N. The molecule has 0 saturated carbocycles. The van der Waals surface area contributed by atoms with Crippen LogP contribution in [0, 0.1) is 18.3 Å². The van der Waals surface area contributed by atoms with E-state index in [0.717, 1.165) is 15.7 Å². The third-order valence-electron chi connectivity index (χ3n) is 2.32. The molecule has 0 aliphatic heterocycles. The van der Waals surface area contributed by atoms with Crippen molar-refractivity contribution in [3.05, 3.63) is 46.3 Å². The van der Waals surface area contributed by atoms with E-state index in [2.05, 4.69) is 31.2 Å². The maximum absolute atomic E-state index is 8.92. The molecule has 1 N–H and O–H groups in total. The summed E-state index contributed by atoms with van der Waals surface area (Å²) in [5.74, 6) is 0.469. The molecule has 1 heterocycles. The number of anilines is 2. The lowest BCUT2D eigenvalue weighted by Gasteiger charge is -2.10. The Morgan fingerprint density at radius 3 is 2.82 bits per heavy atom. The molecule has 0 radical (unpaired) electrons. The highest BCUT2D eigenvalue weighted by atomic mass is 79.9. The van der Waals surface area contributed by atoms with Gasteiger partial charge < -0.3 is 5.32 Å². The Morgan fingerprint density at radius 2 is 2.06 bits per heavy atom. The molecule has 84 valence electrons. The normalized spacial score (nSPS) is 9.71. The Balaban J connectivity index is 2.39. The second-order valence-electron chi connectivity index (χ2n) is 3.40. The minimum absolute atomic E-state index is 0.284. The fraction of sp³-hybridized carbons (Fsp3) is 0.0833. The van der Waals surface area contributed by atoms with Crippen LogP contribution in [0.5, 0.6) is 0 Å². The molecule has 0 unspecified atom stereocenters. The van der Waals surface area contributed by atoms with Crippen LogP contribution in [0.25, 0.3) is 0 Å². The van der Waals surface area contributed by atoms with E-state index in [-0.39, 0.29) is 5.69 Å². The molecule has 17 heavy (non-hydrogen) atoms. The van der Waals surface area contributed by atoms with Crippen LogP contribution in [0.2, 0.25) is 0 Å². The van der Waals surface area contributed by atoms with Crippen molar-refractivity contribution < 1.29 is 0 Å². The molecule has 2 aromatic rings. The maximum atomic E-state index is 8.92. The minimum Gasteiger partial charge on any atom is -0.338 e. The second kappa shape index (κ2) is 4.93. The zero-order valence-electron chi connectivity index (χ0n) is 9.11. The quantitative estimate of drug-likeness (QED) is 0.922. The molecule has 2 rings (SSSR count). The van der Waals surface area contributed by atoms with Gasteiger partial charge in [0, 0.05) is 22.6 Å². The summed E-state index contributed by atoms with van der Waals surface area (Å²) in [6.45, 7) is 1.98. The van der Waals surface area contributed by atoms with Crippen molar-refractivity contribution in [2.45, 2.75) is 6.92 Å². The number of nitrogens with one attached hydrogen (secondary N) is 1. The number of halogens is 1. The van der Waals surface area contributed by atoms with Gasteiger partial charge in [-0.3, -0.25) is 0 Å². The first-order valence-electron chi connectivity index (χ1n) is 4.95. The molecule has 0 atom stereocenters. The summed E-state index contributed by atoms with van der Waals surface area (Å²) < 4.78 is 1.00. The van der Waals surface area contributed by atoms with Gasteiger partial charge in [0.15, 0.2) is 11.5 Å². The number of nitrogens with zero attached hydrogens (tertiary/aromatic N) is 3. The van der Waals surface area contributed by atoms with E-state index >= 15 is 0 Å². The van der Waals surface area contributed by atoms with Gasteiger partial charge in [0.1, 0.15) is 6.07 Å². The molecule has 0 aliphatic rings. The first-order chi connectivity index (χ1) is 8.22. The van der Waals surface area contributed by atoms with Gasteiger partial charge >= 0.3 is 0 Å². The van der Waals surface area contributed by atoms with Gasteiger partial charge in [-0.25, -0.2) is 9.97 Å².